The van der Waals surface area contributed by atoms with E-state index in [1.807, 2.05) is 12.1 Å². The highest BCUT2D eigenvalue weighted by atomic mass is 32.2. The van der Waals surface area contributed by atoms with E-state index in [2.05, 4.69) is 232 Å². The fourth-order valence-corrected chi connectivity index (χ4v) is 10.8. The third-order valence-corrected chi connectivity index (χ3v) is 14.5. The van der Waals surface area contributed by atoms with Crippen molar-refractivity contribution in [1.82, 2.24) is 0 Å². The summed E-state index contributed by atoms with van der Waals surface area (Å²) in [4.78, 5) is 5.25. The summed E-state index contributed by atoms with van der Waals surface area (Å²) in [6, 6.07) is 51.5. The Morgan fingerprint density at radius 1 is 0.826 bits per heavy atom. The SMILES string of the molecule is CC/C=C(\CCCC)N(C1=C/CC2CC(/C=C\1)B(C/C=C(C)\C=C/SC)c1c(Nc3ccc(-c4ccc5oc6ccccc6c5c4)cc3)cccc1N2c1ccc(C(C)(C)C)cc1)c1ccccc1. The average molecular weight is 926 g/mol. The Balaban J connectivity index is 1.17. The van der Waals surface area contributed by atoms with E-state index in [0.29, 0.717) is 0 Å². The van der Waals surface area contributed by atoms with E-state index >= 15 is 0 Å². The molecule has 2 bridgehead atoms. The van der Waals surface area contributed by atoms with Gasteiger partial charge in [-0.25, -0.2) is 0 Å². The van der Waals surface area contributed by atoms with Crippen molar-refractivity contribution in [3.8, 4) is 11.1 Å². The third-order valence-electron chi connectivity index (χ3n) is 14.1. The van der Waals surface area contributed by atoms with Crippen LogP contribution in [0.15, 0.2) is 203 Å². The minimum Gasteiger partial charge on any atom is -0.456 e. The Kier molecular flexibility index (Phi) is 14.9. The highest BCUT2D eigenvalue weighted by Crippen LogP contribution is 2.43. The summed E-state index contributed by atoms with van der Waals surface area (Å²) in [6.07, 6.45) is 24.1. The lowest BCUT2D eigenvalue weighted by molar-refractivity contribution is 0.588. The zero-order chi connectivity index (χ0) is 47.9. The van der Waals surface area contributed by atoms with Gasteiger partial charge in [0.25, 0.3) is 0 Å². The number of fused-ring (bicyclic) bond motifs is 6. The van der Waals surface area contributed by atoms with E-state index in [1.165, 1.54) is 56.2 Å². The minimum absolute atomic E-state index is 0.0540. The summed E-state index contributed by atoms with van der Waals surface area (Å²) < 4.78 is 6.17. The number of hydrogen-bond acceptors (Lipinski definition) is 5. The van der Waals surface area contributed by atoms with Gasteiger partial charge in [-0.1, -0.05) is 156 Å². The second-order valence-electron chi connectivity index (χ2n) is 19.9. The quantitative estimate of drug-likeness (QED) is 0.0818. The number of benzene rings is 6. The largest absolute Gasteiger partial charge is 0.456 e. The number of anilines is 5. The van der Waals surface area contributed by atoms with Gasteiger partial charge in [-0.2, -0.15) is 0 Å². The number of nitrogens with one attached hydrogen (secondary N) is 1. The summed E-state index contributed by atoms with van der Waals surface area (Å²) in [5, 5.41) is 8.50. The van der Waals surface area contributed by atoms with Gasteiger partial charge in [0.1, 0.15) is 11.2 Å². The summed E-state index contributed by atoms with van der Waals surface area (Å²) in [7, 11) is 0. The molecule has 1 aromatic heterocycles. The van der Waals surface area contributed by atoms with Gasteiger partial charge < -0.3 is 19.5 Å². The molecule has 4 nitrogen and oxygen atoms in total. The summed E-state index contributed by atoms with van der Waals surface area (Å²) in [5.74, 6) is 0.260. The lowest BCUT2D eigenvalue weighted by Gasteiger charge is -2.36. The molecule has 1 aliphatic carbocycles. The first kappa shape index (κ1) is 47.7. The maximum atomic E-state index is 6.17. The number of nitrogens with zero attached hydrogens (tertiary/aromatic N) is 2. The third kappa shape index (κ3) is 10.6. The van der Waals surface area contributed by atoms with Gasteiger partial charge >= 0.3 is 0 Å². The van der Waals surface area contributed by atoms with Crippen molar-refractivity contribution in [1.29, 1.82) is 0 Å². The molecule has 0 saturated heterocycles. The van der Waals surface area contributed by atoms with Gasteiger partial charge in [0.15, 0.2) is 6.71 Å². The molecular formula is C63H68BN3OS. The normalized spacial score (nSPS) is 17.9. The standard InChI is InChI=1S/C63H68BN3OS/c1-8-10-18-51(17-9-2)66(52-19-12-11-13-20-52)53-35-30-49-44-55(37-36-53)67(54-33-28-48(29-34-54)63(4,5)6)59-23-16-22-58(62(59)64(49)41-39-45(3)40-42-69-7)65-50-31-25-46(26-32-50)47-27-38-61-57(43-47)56-21-14-15-24-60(56)68-61/h11-17,19-36,38-40,42-43,49,55,65H,8-10,18,37,41,44H2,1-7H3/b35-30-,42-40-,45-39-,51-17+,53-36+. The minimum atomic E-state index is 0.0540. The number of rotatable bonds is 15. The Hall–Kier alpha value is -6.37. The van der Waals surface area contributed by atoms with Crippen molar-refractivity contribution in [3.05, 3.63) is 204 Å². The fourth-order valence-electron chi connectivity index (χ4n) is 10.5. The van der Waals surface area contributed by atoms with E-state index in [4.69, 9.17) is 4.42 Å². The molecule has 350 valence electrons. The molecule has 1 aliphatic heterocycles. The van der Waals surface area contributed by atoms with Crippen molar-refractivity contribution in [3.63, 3.8) is 0 Å². The van der Waals surface area contributed by atoms with E-state index in [-0.39, 0.29) is 24.0 Å². The molecular weight excluding hydrogens is 858 g/mol. The smallest absolute Gasteiger partial charge is 0.192 e. The van der Waals surface area contributed by atoms with E-state index < -0.39 is 0 Å². The fraction of sp³-hybridized carbons (Fsp3) is 0.270. The zero-order valence-electron chi connectivity index (χ0n) is 41.7. The summed E-state index contributed by atoms with van der Waals surface area (Å²) >= 11 is 1.75. The average Bonchev–Trinajstić information content (AvgIpc) is 3.66. The molecule has 2 atom stereocenters. The lowest BCUT2D eigenvalue weighted by atomic mass is 9.34. The molecule has 2 heterocycles. The molecule has 1 N–H and O–H groups in total. The van der Waals surface area contributed by atoms with Gasteiger partial charge in [0.2, 0.25) is 0 Å². The molecule has 0 spiro atoms. The molecule has 0 amide bonds. The highest BCUT2D eigenvalue weighted by molar-refractivity contribution is 8.01. The van der Waals surface area contributed by atoms with Crippen LogP contribution in [0.2, 0.25) is 12.1 Å². The molecule has 9 rings (SSSR count). The van der Waals surface area contributed by atoms with Crippen LogP contribution in [0, 0.1) is 0 Å². The van der Waals surface area contributed by atoms with Gasteiger partial charge in [-0.05, 0) is 157 Å². The molecule has 0 radical (unpaired) electrons. The van der Waals surface area contributed by atoms with Crippen LogP contribution in [0.1, 0.15) is 85.6 Å². The number of para-hydroxylation sites is 2. The lowest BCUT2D eigenvalue weighted by Crippen LogP contribution is -2.36. The molecule has 2 aliphatic rings. The van der Waals surface area contributed by atoms with Crippen LogP contribution in [-0.2, 0) is 5.41 Å². The number of unbranched alkanes of at least 4 members (excludes halogenated alkanes) is 1. The van der Waals surface area contributed by atoms with E-state index in [0.717, 1.165) is 78.2 Å². The van der Waals surface area contributed by atoms with E-state index in [9.17, 15) is 0 Å². The first-order chi connectivity index (χ1) is 33.6. The van der Waals surface area contributed by atoms with Crippen molar-refractivity contribution in [2.75, 3.05) is 21.4 Å². The van der Waals surface area contributed by atoms with Crippen LogP contribution in [0.5, 0.6) is 0 Å². The topological polar surface area (TPSA) is 31.6 Å². The monoisotopic (exact) mass is 926 g/mol. The summed E-state index contributed by atoms with van der Waals surface area (Å²) in [5.41, 5.74) is 16.8. The highest BCUT2D eigenvalue weighted by Gasteiger charge is 2.39. The van der Waals surface area contributed by atoms with Crippen molar-refractivity contribution in [2.45, 2.75) is 104 Å². The number of thioether (sulfide) groups is 1. The maximum absolute atomic E-state index is 6.17. The summed E-state index contributed by atoms with van der Waals surface area (Å²) in [6.45, 7) is 13.9. The van der Waals surface area contributed by atoms with Crippen LogP contribution < -0.4 is 20.6 Å². The van der Waals surface area contributed by atoms with Gasteiger partial charge in [-0.15, -0.1) is 11.8 Å². The number of hydrogen-bond donors (Lipinski definition) is 1. The van der Waals surface area contributed by atoms with Crippen molar-refractivity contribution < 1.29 is 4.42 Å². The second-order valence-corrected chi connectivity index (χ2v) is 20.6. The van der Waals surface area contributed by atoms with Gasteiger partial charge in [0.05, 0.1) is 0 Å². The van der Waals surface area contributed by atoms with E-state index in [1.54, 1.807) is 11.8 Å². The first-order valence-electron chi connectivity index (χ1n) is 25.2. The molecule has 69 heavy (non-hydrogen) atoms. The Morgan fingerprint density at radius 2 is 1.58 bits per heavy atom. The Morgan fingerprint density at radius 3 is 2.33 bits per heavy atom. The van der Waals surface area contributed by atoms with Crippen LogP contribution >= 0.6 is 11.8 Å². The molecule has 2 unspecified atom stereocenters. The molecule has 6 heteroatoms. The second kappa shape index (κ2) is 21.5. The van der Waals surface area contributed by atoms with Gasteiger partial charge in [0, 0.05) is 56.6 Å². The Labute approximate surface area is 416 Å². The molecule has 0 saturated carbocycles. The zero-order valence-corrected chi connectivity index (χ0v) is 42.5. The van der Waals surface area contributed by atoms with Crippen molar-refractivity contribution >= 4 is 74.3 Å². The predicted octanol–water partition coefficient (Wildman–Crippen LogP) is 17.9. The molecule has 0 fully saturated rings. The van der Waals surface area contributed by atoms with Gasteiger partial charge in [-0.3, -0.25) is 0 Å². The number of allylic oxidation sites excluding steroid dienone is 7. The molecule has 7 aromatic rings. The first-order valence-corrected chi connectivity index (χ1v) is 26.5. The molecule has 6 aromatic carbocycles. The van der Waals surface area contributed by atoms with Crippen LogP contribution in [0.3, 0.4) is 0 Å². The van der Waals surface area contributed by atoms with Crippen LogP contribution in [-0.4, -0.2) is 19.0 Å². The van der Waals surface area contributed by atoms with Crippen LogP contribution in [0.25, 0.3) is 33.1 Å². The number of furan rings is 1. The Bertz CT molecular complexity index is 3030. The van der Waals surface area contributed by atoms with Crippen LogP contribution in [0.4, 0.5) is 28.4 Å². The van der Waals surface area contributed by atoms with Crippen molar-refractivity contribution in [2.24, 2.45) is 0 Å². The maximum Gasteiger partial charge on any atom is 0.192 e. The predicted molar refractivity (Wildman–Crippen MR) is 304 cm³/mol.